The summed E-state index contributed by atoms with van der Waals surface area (Å²) in [6, 6.07) is 65.0. The van der Waals surface area contributed by atoms with Gasteiger partial charge in [-0.1, -0.05) is 172 Å². The van der Waals surface area contributed by atoms with Crippen LogP contribution in [-0.4, -0.2) is 19.5 Å². The summed E-state index contributed by atoms with van der Waals surface area (Å²) in [5.41, 5.74) is 6.34. The highest BCUT2D eigenvalue weighted by molar-refractivity contribution is 7.26. The molecule has 0 aliphatic heterocycles. The molecule has 0 unspecified atom stereocenters. The lowest BCUT2D eigenvalue weighted by molar-refractivity contribution is 0.954. The zero-order chi connectivity index (χ0) is 38.7. The molecule has 0 saturated heterocycles. The molecule has 0 aliphatic carbocycles. The van der Waals surface area contributed by atoms with Gasteiger partial charge in [0.25, 0.3) is 0 Å². The zero-order valence-electron chi connectivity index (χ0n) is 32.0. The van der Waals surface area contributed by atoms with E-state index in [2.05, 4.69) is 187 Å². The molecule has 0 spiro atoms. The Labute approximate surface area is 339 Å². The van der Waals surface area contributed by atoms with Gasteiger partial charge in [0, 0.05) is 53.2 Å². The van der Waals surface area contributed by atoms with Gasteiger partial charge in [0.15, 0.2) is 11.6 Å². The Morgan fingerprint density at radius 1 is 0.414 bits per heavy atom. The smallest absolute Gasteiger partial charge is 0.238 e. The van der Waals surface area contributed by atoms with Gasteiger partial charge in [-0.3, -0.25) is 4.57 Å². The summed E-state index contributed by atoms with van der Waals surface area (Å²) in [4.78, 5) is 15.9. The van der Waals surface area contributed by atoms with Gasteiger partial charge in [-0.25, -0.2) is 4.98 Å². The third-order valence-electron chi connectivity index (χ3n) is 11.2. The summed E-state index contributed by atoms with van der Waals surface area (Å²) in [6.07, 6.45) is 0. The average Bonchev–Trinajstić information content (AvgIpc) is 3.86. The number of nitrogens with zero attached hydrogens (tertiary/aromatic N) is 4. The predicted molar refractivity (Wildman–Crippen MR) is 247 cm³/mol. The topological polar surface area (TPSA) is 43.6 Å². The molecular formula is C53H36N4S. The van der Waals surface area contributed by atoms with E-state index in [1.807, 2.05) is 25.2 Å². The van der Waals surface area contributed by atoms with E-state index >= 15 is 0 Å². The highest BCUT2D eigenvalue weighted by Gasteiger charge is 2.22. The zero-order valence-corrected chi connectivity index (χ0v) is 32.8. The van der Waals surface area contributed by atoms with E-state index in [1.165, 1.54) is 47.3 Å². The van der Waals surface area contributed by atoms with Crippen LogP contribution < -0.4 is 0 Å². The maximum absolute atomic E-state index is 5.35. The maximum Gasteiger partial charge on any atom is 0.238 e. The largest absolute Gasteiger partial charge is 0.277 e. The van der Waals surface area contributed by atoms with Crippen LogP contribution in [0.15, 0.2) is 182 Å². The molecule has 12 aromatic rings. The van der Waals surface area contributed by atoms with E-state index in [0.29, 0.717) is 17.6 Å². The van der Waals surface area contributed by atoms with Crippen LogP contribution in [0.4, 0.5) is 0 Å². The van der Waals surface area contributed by atoms with Crippen LogP contribution in [0, 0.1) is 0 Å². The Balaban J connectivity index is 0.00000190. The van der Waals surface area contributed by atoms with Crippen LogP contribution >= 0.6 is 11.3 Å². The summed E-state index contributed by atoms with van der Waals surface area (Å²) in [6.45, 7) is 4.00. The molecule has 4 nitrogen and oxygen atoms in total. The van der Waals surface area contributed by atoms with Crippen LogP contribution in [0.1, 0.15) is 13.8 Å². The first kappa shape index (κ1) is 34.1. The molecule has 0 saturated carbocycles. The van der Waals surface area contributed by atoms with Crippen LogP contribution in [0.3, 0.4) is 0 Å². The molecule has 274 valence electrons. The summed E-state index contributed by atoms with van der Waals surface area (Å²) in [7, 11) is 0. The predicted octanol–water partition coefficient (Wildman–Crippen LogP) is 14.8. The van der Waals surface area contributed by atoms with Gasteiger partial charge in [-0.15, -0.1) is 11.3 Å². The molecule has 0 amide bonds. The SMILES string of the molecule is CC.c1ccc2cc(-c3nc(-c4ccc5ccccc5c4)nc(-n4c5ccccc5c5cccc(-c6cccc7c6sc6ccc8ccccc8c67)c54)n3)ccc2c1. The Kier molecular flexibility index (Phi) is 8.09. The molecule has 0 atom stereocenters. The Hall–Kier alpha value is -7.21. The molecule has 58 heavy (non-hydrogen) atoms. The second kappa shape index (κ2) is 13.8. The Bertz CT molecular complexity index is 3460. The highest BCUT2D eigenvalue weighted by Crippen LogP contribution is 2.46. The lowest BCUT2D eigenvalue weighted by Gasteiger charge is -2.14. The molecule has 12 rings (SSSR count). The van der Waals surface area contributed by atoms with Gasteiger partial charge >= 0.3 is 0 Å². The first-order valence-electron chi connectivity index (χ1n) is 19.9. The Morgan fingerprint density at radius 3 is 1.64 bits per heavy atom. The van der Waals surface area contributed by atoms with Crippen molar-refractivity contribution in [3.05, 3.63) is 182 Å². The monoisotopic (exact) mass is 760 g/mol. The highest BCUT2D eigenvalue weighted by atomic mass is 32.1. The molecule has 9 aromatic carbocycles. The van der Waals surface area contributed by atoms with Crippen LogP contribution in [0.25, 0.3) is 114 Å². The van der Waals surface area contributed by atoms with Crippen molar-refractivity contribution in [1.29, 1.82) is 0 Å². The number of rotatable bonds is 4. The molecule has 0 bridgehead atoms. The molecule has 0 fully saturated rings. The van der Waals surface area contributed by atoms with E-state index in [1.54, 1.807) is 0 Å². The van der Waals surface area contributed by atoms with Crippen molar-refractivity contribution in [1.82, 2.24) is 19.5 Å². The first-order valence-corrected chi connectivity index (χ1v) is 20.7. The van der Waals surface area contributed by atoms with E-state index in [4.69, 9.17) is 15.0 Å². The maximum atomic E-state index is 5.35. The van der Waals surface area contributed by atoms with Crippen molar-refractivity contribution in [2.45, 2.75) is 13.8 Å². The third kappa shape index (κ3) is 5.39. The van der Waals surface area contributed by atoms with E-state index in [9.17, 15) is 0 Å². The van der Waals surface area contributed by atoms with Gasteiger partial charge in [0.1, 0.15) is 0 Å². The van der Waals surface area contributed by atoms with E-state index < -0.39 is 0 Å². The molecule has 0 radical (unpaired) electrons. The average molecular weight is 761 g/mol. The fourth-order valence-electron chi connectivity index (χ4n) is 8.60. The number of fused-ring (bicyclic) bond motifs is 10. The number of hydrogen-bond acceptors (Lipinski definition) is 4. The van der Waals surface area contributed by atoms with Crippen LogP contribution in [0.5, 0.6) is 0 Å². The summed E-state index contributed by atoms with van der Waals surface area (Å²) >= 11 is 1.87. The van der Waals surface area contributed by atoms with Crippen molar-refractivity contribution in [3.63, 3.8) is 0 Å². The fraction of sp³-hybridized carbons (Fsp3) is 0.0377. The molecular weight excluding hydrogens is 725 g/mol. The van der Waals surface area contributed by atoms with Crippen molar-refractivity contribution in [2.24, 2.45) is 0 Å². The number of thiophene rings is 1. The molecule has 5 heteroatoms. The third-order valence-corrected chi connectivity index (χ3v) is 12.4. The number of hydrogen-bond donors (Lipinski definition) is 0. The van der Waals surface area contributed by atoms with Gasteiger partial charge < -0.3 is 0 Å². The number of aromatic nitrogens is 4. The van der Waals surface area contributed by atoms with Crippen molar-refractivity contribution in [3.8, 4) is 39.9 Å². The van der Waals surface area contributed by atoms with Crippen molar-refractivity contribution < 1.29 is 0 Å². The lowest BCUT2D eigenvalue weighted by atomic mass is 9.98. The lowest BCUT2D eigenvalue weighted by Crippen LogP contribution is -2.07. The van der Waals surface area contributed by atoms with Crippen LogP contribution in [-0.2, 0) is 0 Å². The van der Waals surface area contributed by atoms with Gasteiger partial charge in [-0.2, -0.15) is 9.97 Å². The minimum Gasteiger partial charge on any atom is -0.277 e. The second-order valence-electron chi connectivity index (χ2n) is 14.4. The minimum atomic E-state index is 0.583. The first-order chi connectivity index (χ1) is 28.7. The molecule has 3 heterocycles. The molecule has 0 N–H and O–H groups in total. The fourth-order valence-corrected chi connectivity index (χ4v) is 9.85. The Morgan fingerprint density at radius 2 is 0.948 bits per heavy atom. The summed E-state index contributed by atoms with van der Waals surface area (Å²) in [5.74, 6) is 1.84. The van der Waals surface area contributed by atoms with E-state index in [0.717, 1.165) is 49.3 Å². The second-order valence-corrected chi connectivity index (χ2v) is 15.5. The van der Waals surface area contributed by atoms with Crippen molar-refractivity contribution >= 4 is 85.6 Å². The standard InChI is InChI=1S/C51H30N4S.C2H6/c1-3-14-34-29-36(25-23-31(34)11-1)49-52-50(37-26-24-32-12-2-4-15-35(32)30-37)54-51(53-49)55-44-22-8-7-17-39(44)40-18-9-19-41(47(40)55)42-20-10-21-43-46-38-16-6-5-13-33(38)27-28-45(46)56-48(42)43;1-2/h1-30H;1-2H3. The molecule has 3 aromatic heterocycles. The van der Waals surface area contributed by atoms with E-state index in [-0.39, 0.29) is 0 Å². The normalized spacial score (nSPS) is 11.6. The number of benzene rings is 9. The quantitative estimate of drug-likeness (QED) is 0.179. The van der Waals surface area contributed by atoms with Gasteiger partial charge in [0.2, 0.25) is 5.95 Å². The number of para-hydroxylation sites is 2. The summed E-state index contributed by atoms with van der Waals surface area (Å²) < 4.78 is 4.82. The van der Waals surface area contributed by atoms with Crippen molar-refractivity contribution in [2.75, 3.05) is 0 Å². The van der Waals surface area contributed by atoms with Gasteiger partial charge in [-0.05, 0) is 56.6 Å². The molecule has 0 aliphatic rings. The summed E-state index contributed by atoms with van der Waals surface area (Å²) in [5, 5.41) is 12.1. The minimum absolute atomic E-state index is 0.583. The van der Waals surface area contributed by atoms with Gasteiger partial charge in [0.05, 0.1) is 11.0 Å². The van der Waals surface area contributed by atoms with Crippen LogP contribution in [0.2, 0.25) is 0 Å².